The number of carbonyl (C=O) groups excluding carboxylic acids is 1. The molecule has 104 valence electrons. The summed E-state index contributed by atoms with van der Waals surface area (Å²) in [5.41, 5.74) is 0. The van der Waals surface area contributed by atoms with E-state index in [0.717, 1.165) is 12.3 Å². The average molecular weight is 260 g/mol. The lowest BCUT2D eigenvalue weighted by molar-refractivity contribution is -0.151. The van der Waals surface area contributed by atoms with Gasteiger partial charge >= 0.3 is 5.97 Å². The second-order valence-electron chi connectivity index (χ2n) is 6.44. The first-order valence-electron chi connectivity index (χ1n) is 7.63. The van der Waals surface area contributed by atoms with Crippen LogP contribution in [0.2, 0.25) is 0 Å². The van der Waals surface area contributed by atoms with Gasteiger partial charge in [0, 0.05) is 0 Å². The van der Waals surface area contributed by atoms with Gasteiger partial charge in [-0.1, -0.05) is 12.2 Å². The zero-order chi connectivity index (χ0) is 13.6. The van der Waals surface area contributed by atoms with Gasteiger partial charge in [0.1, 0.15) is 0 Å². The van der Waals surface area contributed by atoms with Crippen molar-refractivity contribution in [2.45, 2.75) is 26.2 Å². The average Bonchev–Trinajstić information content (AvgIpc) is 3.08. The van der Waals surface area contributed by atoms with E-state index in [4.69, 9.17) is 4.74 Å². The quantitative estimate of drug-likeness (QED) is 0.571. The molecule has 3 fully saturated rings. The van der Waals surface area contributed by atoms with Crippen LogP contribution in [-0.4, -0.2) is 12.6 Å². The number of hydrogen-bond donors (Lipinski definition) is 0. The summed E-state index contributed by atoms with van der Waals surface area (Å²) in [7, 11) is 0. The van der Waals surface area contributed by atoms with Crippen LogP contribution in [0.25, 0.3) is 0 Å². The van der Waals surface area contributed by atoms with Crippen LogP contribution >= 0.6 is 0 Å². The Morgan fingerprint density at radius 1 is 1.16 bits per heavy atom. The number of fused-ring (bicyclic) bond motifs is 5. The molecule has 7 unspecified atom stereocenters. The number of rotatable bonds is 4. The van der Waals surface area contributed by atoms with Crippen molar-refractivity contribution in [3.8, 4) is 0 Å². The van der Waals surface area contributed by atoms with Crippen LogP contribution in [0.4, 0.5) is 0 Å². The molecule has 0 N–H and O–H groups in total. The maximum atomic E-state index is 12.1. The molecule has 0 saturated heterocycles. The Balaban J connectivity index is 1.82. The van der Waals surface area contributed by atoms with E-state index >= 15 is 0 Å². The minimum Gasteiger partial charge on any atom is -0.466 e. The summed E-state index contributed by atoms with van der Waals surface area (Å²) >= 11 is 0. The van der Waals surface area contributed by atoms with Crippen molar-refractivity contribution in [3.63, 3.8) is 0 Å². The van der Waals surface area contributed by atoms with Crippen molar-refractivity contribution < 1.29 is 9.53 Å². The topological polar surface area (TPSA) is 26.3 Å². The smallest absolute Gasteiger partial charge is 0.309 e. The molecular formula is C17H24O2. The van der Waals surface area contributed by atoms with Gasteiger partial charge in [-0.3, -0.25) is 4.79 Å². The first kappa shape index (κ1) is 13.0. The van der Waals surface area contributed by atoms with Gasteiger partial charge in [-0.25, -0.2) is 0 Å². The van der Waals surface area contributed by atoms with E-state index in [0.29, 0.717) is 36.2 Å². The van der Waals surface area contributed by atoms with E-state index in [1.807, 2.05) is 6.92 Å². The van der Waals surface area contributed by atoms with Crippen molar-refractivity contribution in [1.29, 1.82) is 0 Å². The Kier molecular flexibility index (Phi) is 3.28. The molecule has 0 heterocycles. The predicted molar refractivity (Wildman–Crippen MR) is 75.3 cm³/mol. The molecule has 3 aliphatic rings. The zero-order valence-corrected chi connectivity index (χ0v) is 11.8. The number of allylic oxidation sites excluding steroid dienone is 2. The number of esters is 1. The molecule has 0 aliphatic heterocycles. The van der Waals surface area contributed by atoms with Gasteiger partial charge in [-0.2, -0.15) is 0 Å². The summed E-state index contributed by atoms with van der Waals surface area (Å²) in [6.45, 7) is 10.4. The molecular weight excluding hydrogens is 236 g/mol. The van der Waals surface area contributed by atoms with Gasteiger partial charge in [0.25, 0.3) is 0 Å². The monoisotopic (exact) mass is 260 g/mol. The van der Waals surface area contributed by atoms with Crippen molar-refractivity contribution >= 4 is 5.97 Å². The van der Waals surface area contributed by atoms with Gasteiger partial charge in [0.05, 0.1) is 12.5 Å². The highest BCUT2D eigenvalue weighted by Gasteiger charge is 2.60. The molecule has 0 spiro atoms. The van der Waals surface area contributed by atoms with Crippen molar-refractivity contribution in [3.05, 3.63) is 25.3 Å². The summed E-state index contributed by atoms with van der Waals surface area (Å²) in [5.74, 6) is 4.02. The highest BCUT2D eigenvalue weighted by molar-refractivity contribution is 5.73. The fraction of sp³-hybridized carbons (Fsp3) is 0.706. The Bertz CT molecular complexity index is 400. The molecule has 0 amide bonds. The number of carbonyl (C=O) groups is 1. The van der Waals surface area contributed by atoms with Gasteiger partial charge in [-0.15, -0.1) is 13.2 Å². The Hall–Kier alpha value is -1.05. The van der Waals surface area contributed by atoms with Gasteiger partial charge in [-0.05, 0) is 61.7 Å². The Labute approximate surface area is 115 Å². The van der Waals surface area contributed by atoms with Crippen molar-refractivity contribution in [2.24, 2.45) is 41.4 Å². The van der Waals surface area contributed by atoms with E-state index in [2.05, 4.69) is 25.3 Å². The molecule has 3 rings (SSSR count). The maximum absolute atomic E-state index is 12.1. The third kappa shape index (κ3) is 1.79. The Morgan fingerprint density at radius 2 is 1.84 bits per heavy atom. The summed E-state index contributed by atoms with van der Waals surface area (Å²) in [4.78, 5) is 12.1. The molecule has 0 aromatic heterocycles. The van der Waals surface area contributed by atoms with Crippen LogP contribution in [0.5, 0.6) is 0 Å². The van der Waals surface area contributed by atoms with Gasteiger partial charge in [0.2, 0.25) is 0 Å². The summed E-state index contributed by atoms with van der Waals surface area (Å²) in [6.07, 6.45) is 7.70. The van der Waals surface area contributed by atoms with E-state index < -0.39 is 0 Å². The second-order valence-corrected chi connectivity index (χ2v) is 6.44. The maximum Gasteiger partial charge on any atom is 0.309 e. The minimum atomic E-state index is 0.0401. The third-order valence-electron chi connectivity index (χ3n) is 5.86. The van der Waals surface area contributed by atoms with Crippen LogP contribution in [0.15, 0.2) is 25.3 Å². The molecule has 3 saturated carbocycles. The van der Waals surface area contributed by atoms with Crippen LogP contribution in [0.1, 0.15) is 26.2 Å². The van der Waals surface area contributed by atoms with Gasteiger partial charge < -0.3 is 4.74 Å². The standard InChI is InChI=1S/C17H24O2/c1-4-10-7-11(5-2)16-13-8-12(15(10)16)9-14(13)17(18)19-6-3/h4-5,10-16H,1-2,6-9H2,3H3. The highest BCUT2D eigenvalue weighted by Crippen LogP contribution is 2.65. The minimum absolute atomic E-state index is 0.0401. The molecule has 19 heavy (non-hydrogen) atoms. The van der Waals surface area contributed by atoms with Crippen molar-refractivity contribution in [1.82, 2.24) is 0 Å². The molecule has 0 aromatic rings. The van der Waals surface area contributed by atoms with Crippen LogP contribution in [0, 0.1) is 41.4 Å². The fourth-order valence-electron chi connectivity index (χ4n) is 5.34. The molecule has 0 aromatic carbocycles. The largest absolute Gasteiger partial charge is 0.466 e. The lowest BCUT2D eigenvalue weighted by Crippen LogP contribution is -2.34. The SMILES string of the molecule is C=CC1CC(C=C)C2C3CC(CC3C(=O)OCC)C12. The van der Waals surface area contributed by atoms with Crippen molar-refractivity contribution in [2.75, 3.05) is 6.61 Å². The molecule has 3 aliphatic carbocycles. The molecule has 2 heteroatoms. The van der Waals surface area contributed by atoms with E-state index in [9.17, 15) is 4.79 Å². The summed E-state index contributed by atoms with van der Waals surface area (Å²) < 4.78 is 5.26. The number of hydrogen-bond acceptors (Lipinski definition) is 2. The van der Waals surface area contributed by atoms with E-state index in [1.165, 1.54) is 12.8 Å². The lowest BCUT2D eigenvalue weighted by atomic mass is 9.71. The van der Waals surface area contributed by atoms with Crippen LogP contribution in [-0.2, 0) is 9.53 Å². The molecule has 7 atom stereocenters. The predicted octanol–water partition coefficient (Wildman–Crippen LogP) is 3.45. The van der Waals surface area contributed by atoms with E-state index in [1.54, 1.807) is 0 Å². The normalized spacial score (nSPS) is 46.9. The fourth-order valence-corrected chi connectivity index (χ4v) is 5.34. The molecule has 2 nitrogen and oxygen atoms in total. The first-order valence-corrected chi connectivity index (χ1v) is 7.63. The second kappa shape index (κ2) is 4.81. The lowest BCUT2D eigenvalue weighted by Gasteiger charge is -2.33. The van der Waals surface area contributed by atoms with Crippen LogP contribution < -0.4 is 0 Å². The van der Waals surface area contributed by atoms with Crippen LogP contribution in [0.3, 0.4) is 0 Å². The molecule has 0 radical (unpaired) electrons. The summed E-state index contributed by atoms with van der Waals surface area (Å²) in [5, 5.41) is 0. The first-order chi connectivity index (χ1) is 9.21. The number of ether oxygens (including phenoxy) is 1. The van der Waals surface area contributed by atoms with Gasteiger partial charge in [0.15, 0.2) is 0 Å². The van der Waals surface area contributed by atoms with E-state index in [-0.39, 0.29) is 11.9 Å². The highest BCUT2D eigenvalue weighted by atomic mass is 16.5. The Morgan fingerprint density at radius 3 is 2.47 bits per heavy atom. The zero-order valence-electron chi connectivity index (χ0n) is 11.8. The molecule has 2 bridgehead atoms. The third-order valence-corrected chi connectivity index (χ3v) is 5.86. The summed E-state index contributed by atoms with van der Waals surface area (Å²) in [6, 6.07) is 0.